The Morgan fingerprint density at radius 2 is 2.24 bits per heavy atom. The third-order valence-electron chi connectivity index (χ3n) is 1.60. The maximum Gasteiger partial charge on any atom is 0.434 e. The van der Waals surface area contributed by atoms with Crippen LogP contribution >= 0.6 is 22.6 Å². The van der Waals surface area contributed by atoms with Crippen LogP contribution in [0.15, 0.2) is 5.16 Å². The van der Waals surface area contributed by atoms with Crippen molar-refractivity contribution in [3.63, 3.8) is 0 Å². The van der Waals surface area contributed by atoms with Gasteiger partial charge in [0.2, 0.25) is 0 Å². The Balaban J connectivity index is 3.66. The molecular formula is C9H18N2O3S3. The van der Waals surface area contributed by atoms with E-state index in [1.54, 1.807) is 6.92 Å². The maximum atomic E-state index is 11.4. The molecule has 0 heterocycles. The molecule has 17 heavy (non-hydrogen) atoms. The highest BCUT2D eigenvalue weighted by Crippen LogP contribution is 2.09. The zero-order chi connectivity index (χ0) is 13.1. The van der Waals surface area contributed by atoms with Crippen LogP contribution < -0.4 is 5.32 Å². The Labute approximate surface area is 112 Å². The van der Waals surface area contributed by atoms with Crippen molar-refractivity contribution in [2.24, 2.45) is 5.16 Å². The number of oxime groups is 1. The summed E-state index contributed by atoms with van der Waals surface area (Å²) in [6, 6.07) is 0. The lowest BCUT2D eigenvalue weighted by molar-refractivity contribution is 0.153. The first-order valence-electron chi connectivity index (χ1n) is 5.15. The van der Waals surface area contributed by atoms with Crippen LogP contribution in [0.1, 0.15) is 26.7 Å². The summed E-state index contributed by atoms with van der Waals surface area (Å²) in [4.78, 5) is 15.6. The molecule has 0 aromatic rings. The Bertz CT molecular complexity index is 285. The lowest BCUT2D eigenvalue weighted by Gasteiger charge is -2.02. The number of amides is 1. The highest BCUT2D eigenvalue weighted by Gasteiger charge is 2.05. The van der Waals surface area contributed by atoms with Gasteiger partial charge in [-0.2, -0.15) is 0 Å². The molecule has 0 spiro atoms. The van der Waals surface area contributed by atoms with Crippen molar-refractivity contribution in [1.82, 2.24) is 5.32 Å². The molecule has 1 unspecified atom stereocenters. The fourth-order valence-corrected chi connectivity index (χ4v) is 2.99. The van der Waals surface area contributed by atoms with Crippen LogP contribution in [0.25, 0.3) is 0 Å². The third-order valence-corrected chi connectivity index (χ3v) is 5.01. The molecule has 100 valence electrons. The molecule has 0 saturated heterocycles. The summed E-state index contributed by atoms with van der Waals surface area (Å²) in [5.41, 5.74) is 0. The van der Waals surface area contributed by atoms with Gasteiger partial charge in [-0.25, -0.2) is 9.00 Å². The lowest BCUT2D eigenvalue weighted by Crippen LogP contribution is -2.25. The van der Waals surface area contributed by atoms with E-state index < -0.39 is 15.9 Å². The topological polar surface area (TPSA) is 67.8 Å². The van der Waals surface area contributed by atoms with Crippen molar-refractivity contribution in [3.8, 4) is 0 Å². The van der Waals surface area contributed by atoms with E-state index in [-0.39, 0.29) is 5.88 Å². The normalized spacial score (nSPS) is 13.2. The predicted molar refractivity (Wildman–Crippen MR) is 76.6 cm³/mol. The van der Waals surface area contributed by atoms with Gasteiger partial charge in [0, 0.05) is 5.75 Å². The van der Waals surface area contributed by atoms with Gasteiger partial charge in [0.15, 0.2) is 0 Å². The molecule has 0 aliphatic rings. The van der Waals surface area contributed by atoms with E-state index in [1.165, 1.54) is 22.6 Å². The summed E-state index contributed by atoms with van der Waals surface area (Å²) in [6.45, 7) is 3.81. The fraction of sp³-hybridized carbons (Fsp3) is 0.778. The van der Waals surface area contributed by atoms with Gasteiger partial charge in [-0.3, -0.25) is 4.84 Å². The van der Waals surface area contributed by atoms with Gasteiger partial charge in [0.05, 0.1) is 0 Å². The summed E-state index contributed by atoms with van der Waals surface area (Å²) in [5.74, 6) is 0.921. The van der Waals surface area contributed by atoms with Gasteiger partial charge in [0.25, 0.3) is 0 Å². The summed E-state index contributed by atoms with van der Waals surface area (Å²) < 4.78 is 11.4. The zero-order valence-electron chi connectivity index (χ0n) is 10.2. The number of nitrogens with one attached hydrogen (secondary N) is 1. The van der Waals surface area contributed by atoms with Gasteiger partial charge >= 0.3 is 6.09 Å². The number of rotatable bonds is 7. The van der Waals surface area contributed by atoms with E-state index in [0.717, 1.165) is 18.6 Å². The lowest BCUT2D eigenvalue weighted by atomic mass is 10.4. The Morgan fingerprint density at radius 3 is 2.82 bits per heavy atom. The van der Waals surface area contributed by atoms with Gasteiger partial charge in [-0.05, 0) is 19.6 Å². The van der Waals surface area contributed by atoms with E-state index in [9.17, 15) is 9.00 Å². The Hall–Kier alpha value is -0.210. The number of hydrogen-bond acceptors (Lipinski definition) is 6. The van der Waals surface area contributed by atoms with Crippen molar-refractivity contribution >= 4 is 43.5 Å². The average molecular weight is 298 g/mol. The molecule has 0 aromatic carbocycles. The molecule has 1 amide bonds. The molecule has 0 fully saturated rings. The minimum Gasteiger partial charge on any atom is -0.307 e. The second-order valence-electron chi connectivity index (χ2n) is 2.99. The smallest absolute Gasteiger partial charge is 0.307 e. The SMILES string of the molecule is CCCCSS(=O)CNC(=O)O/N=C(\C)SC. The molecule has 0 aliphatic carbocycles. The van der Waals surface area contributed by atoms with Crippen molar-refractivity contribution < 1.29 is 13.8 Å². The van der Waals surface area contributed by atoms with Crippen LogP contribution in [-0.4, -0.2) is 33.2 Å². The molecule has 1 atom stereocenters. The van der Waals surface area contributed by atoms with Crippen molar-refractivity contribution in [3.05, 3.63) is 0 Å². The van der Waals surface area contributed by atoms with Gasteiger partial charge in [-0.1, -0.05) is 29.3 Å². The molecular weight excluding hydrogens is 280 g/mol. The van der Waals surface area contributed by atoms with E-state index in [0.29, 0.717) is 5.04 Å². The maximum absolute atomic E-state index is 11.4. The molecule has 5 nitrogen and oxygen atoms in total. The first-order chi connectivity index (χ1) is 8.10. The number of carbonyl (C=O) groups excluding carboxylic acids is 1. The van der Waals surface area contributed by atoms with Crippen LogP contribution in [0.5, 0.6) is 0 Å². The average Bonchev–Trinajstić information content (AvgIpc) is 2.33. The molecule has 0 aliphatic heterocycles. The second-order valence-corrected chi connectivity index (χ2v) is 7.36. The van der Waals surface area contributed by atoms with Crippen LogP contribution in [-0.2, 0) is 14.7 Å². The molecule has 1 N–H and O–H groups in total. The van der Waals surface area contributed by atoms with Crippen molar-refractivity contribution in [2.75, 3.05) is 17.9 Å². The van der Waals surface area contributed by atoms with Gasteiger partial charge in [-0.15, -0.1) is 11.8 Å². The minimum atomic E-state index is -1.11. The monoisotopic (exact) mass is 298 g/mol. The van der Waals surface area contributed by atoms with Crippen molar-refractivity contribution in [2.45, 2.75) is 26.7 Å². The highest BCUT2D eigenvalue weighted by molar-refractivity contribution is 8.69. The zero-order valence-corrected chi connectivity index (χ0v) is 12.7. The second kappa shape index (κ2) is 10.9. The van der Waals surface area contributed by atoms with Crippen molar-refractivity contribution in [1.29, 1.82) is 0 Å². The highest BCUT2D eigenvalue weighted by atomic mass is 33.1. The molecule has 0 bridgehead atoms. The summed E-state index contributed by atoms with van der Waals surface area (Å²) in [7, 11) is 0.227. The first kappa shape index (κ1) is 16.8. The van der Waals surface area contributed by atoms with E-state index >= 15 is 0 Å². The number of thioether (sulfide) groups is 1. The number of hydrogen-bond donors (Lipinski definition) is 1. The molecule has 0 radical (unpaired) electrons. The van der Waals surface area contributed by atoms with Crippen LogP contribution in [0.2, 0.25) is 0 Å². The molecule has 8 heteroatoms. The third kappa shape index (κ3) is 10.7. The largest absolute Gasteiger partial charge is 0.434 e. The number of carbonyl (C=O) groups is 1. The molecule has 0 aromatic heterocycles. The predicted octanol–water partition coefficient (Wildman–Crippen LogP) is 2.56. The first-order valence-corrected chi connectivity index (χ1v) is 9.19. The molecule has 0 rings (SSSR count). The summed E-state index contributed by atoms with van der Waals surface area (Å²) in [6.07, 6.45) is 3.25. The van der Waals surface area contributed by atoms with E-state index in [2.05, 4.69) is 22.2 Å². The van der Waals surface area contributed by atoms with Gasteiger partial charge in [0.1, 0.15) is 20.8 Å². The fourth-order valence-electron chi connectivity index (χ4n) is 0.631. The Kier molecular flexibility index (Phi) is 10.8. The van der Waals surface area contributed by atoms with E-state index in [4.69, 9.17) is 0 Å². The number of nitrogens with zero attached hydrogens (tertiary/aromatic N) is 1. The number of unbranched alkanes of at least 4 members (excludes halogenated alkanes) is 1. The standard InChI is InChI=1S/C9H18N2O3S3/c1-4-5-6-16-17(13)7-10-9(12)14-11-8(2)15-3/h4-7H2,1-3H3,(H,10,12)/b11-8+. The van der Waals surface area contributed by atoms with Gasteiger partial charge < -0.3 is 5.32 Å². The summed E-state index contributed by atoms with van der Waals surface area (Å²) >= 11 is 1.39. The van der Waals surface area contributed by atoms with Crippen LogP contribution in [0, 0.1) is 0 Å². The van der Waals surface area contributed by atoms with Crippen LogP contribution in [0.4, 0.5) is 4.79 Å². The minimum absolute atomic E-state index is 0.0844. The van der Waals surface area contributed by atoms with Crippen LogP contribution in [0.3, 0.4) is 0 Å². The Morgan fingerprint density at radius 1 is 1.53 bits per heavy atom. The molecule has 0 saturated carbocycles. The summed E-state index contributed by atoms with van der Waals surface area (Å²) in [5, 5.41) is 6.60. The van der Waals surface area contributed by atoms with E-state index in [1.807, 2.05) is 6.26 Å². The quantitative estimate of drug-likeness (QED) is 0.195.